The monoisotopic (exact) mass is 428 g/mol. The normalized spacial score (nSPS) is 35.3. The molecule has 3 fully saturated rings. The van der Waals surface area contributed by atoms with Gasteiger partial charge in [-0.2, -0.15) is 0 Å². The first kappa shape index (κ1) is 17.2. The summed E-state index contributed by atoms with van der Waals surface area (Å²) in [6.07, 6.45) is 6.20. The second-order valence-electron chi connectivity index (χ2n) is 8.12. The van der Waals surface area contributed by atoms with Crippen LogP contribution >= 0.6 is 15.9 Å². The maximum absolute atomic E-state index is 12.9. The van der Waals surface area contributed by atoms with Crippen LogP contribution in [0.2, 0.25) is 0 Å². The van der Waals surface area contributed by atoms with E-state index in [9.17, 15) is 14.4 Å². The third-order valence-electron chi connectivity index (χ3n) is 6.78. The number of hydrogen-bond donors (Lipinski definition) is 1. The zero-order valence-corrected chi connectivity index (χ0v) is 16.6. The van der Waals surface area contributed by atoms with Gasteiger partial charge >= 0.3 is 0 Å². The fraction of sp³-hybridized carbons (Fsp3) is 0.476. The molecule has 1 aromatic carbocycles. The Morgan fingerprint density at radius 1 is 1.15 bits per heavy atom. The number of rotatable bonds is 4. The van der Waals surface area contributed by atoms with Gasteiger partial charge in [0.05, 0.1) is 11.8 Å². The standard InChI is InChI=1S/C21H21BrN2O3/c1-2-10-7-11(22)3-6-16(10)23-17(25)9-24-20(26)18-12-4-5-13(15-8-14(12)15)19(18)21(24)27/h3-7,12-15,18-19H,2,8-9H2,1H3,(H,23,25)/t12-,13-,14-,15-,18+,19+/m0/s1. The van der Waals surface area contributed by atoms with Crippen LogP contribution in [0.25, 0.3) is 0 Å². The summed E-state index contributed by atoms with van der Waals surface area (Å²) in [5, 5.41) is 2.87. The summed E-state index contributed by atoms with van der Waals surface area (Å²) in [6.45, 7) is 1.82. The van der Waals surface area contributed by atoms with Crippen molar-refractivity contribution in [3.05, 3.63) is 40.4 Å². The molecule has 1 aromatic rings. The summed E-state index contributed by atoms with van der Waals surface area (Å²) in [4.78, 5) is 39.7. The maximum Gasteiger partial charge on any atom is 0.244 e. The molecular weight excluding hydrogens is 408 g/mol. The van der Waals surface area contributed by atoms with Gasteiger partial charge in [0.15, 0.2) is 0 Å². The van der Waals surface area contributed by atoms with Crippen molar-refractivity contribution in [3.63, 3.8) is 0 Å². The summed E-state index contributed by atoms with van der Waals surface area (Å²) in [5.74, 6) is 0.389. The Balaban J connectivity index is 1.33. The molecule has 3 amide bonds. The van der Waals surface area contributed by atoms with Crippen LogP contribution < -0.4 is 5.32 Å². The number of hydrogen-bond acceptors (Lipinski definition) is 3. The zero-order chi connectivity index (χ0) is 18.9. The van der Waals surface area contributed by atoms with E-state index in [2.05, 4.69) is 33.4 Å². The number of carbonyl (C=O) groups is 3. The average Bonchev–Trinajstić information content (AvgIpc) is 3.44. The van der Waals surface area contributed by atoms with Crippen molar-refractivity contribution in [1.82, 2.24) is 4.90 Å². The van der Waals surface area contributed by atoms with Gasteiger partial charge in [-0.15, -0.1) is 0 Å². The zero-order valence-electron chi connectivity index (χ0n) is 15.0. The predicted molar refractivity (Wildman–Crippen MR) is 104 cm³/mol. The number of benzene rings is 1. The number of carbonyl (C=O) groups excluding carboxylic acids is 3. The van der Waals surface area contributed by atoms with E-state index in [0.717, 1.165) is 28.6 Å². The van der Waals surface area contributed by atoms with Gasteiger partial charge < -0.3 is 5.32 Å². The van der Waals surface area contributed by atoms with Gasteiger partial charge in [-0.25, -0.2) is 0 Å². The van der Waals surface area contributed by atoms with Crippen LogP contribution in [0.15, 0.2) is 34.8 Å². The number of likely N-dealkylation sites (tertiary alicyclic amines) is 1. The van der Waals surface area contributed by atoms with Gasteiger partial charge in [-0.3, -0.25) is 19.3 Å². The van der Waals surface area contributed by atoms with Crippen LogP contribution in [0, 0.1) is 35.5 Å². The van der Waals surface area contributed by atoms with Crippen molar-refractivity contribution in [3.8, 4) is 0 Å². The number of amides is 3. The highest BCUT2D eigenvalue weighted by Crippen LogP contribution is 2.65. The third-order valence-corrected chi connectivity index (χ3v) is 7.27. The first-order valence-corrected chi connectivity index (χ1v) is 10.4. The van der Waals surface area contributed by atoms with Gasteiger partial charge in [-0.1, -0.05) is 35.0 Å². The van der Waals surface area contributed by atoms with E-state index in [0.29, 0.717) is 11.8 Å². The largest absolute Gasteiger partial charge is 0.324 e. The quantitative estimate of drug-likeness (QED) is 0.591. The lowest BCUT2D eigenvalue weighted by molar-refractivity contribution is -0.142. The molecular formula is C21H21BrN2O3. The van der Waals surface area contributed by atoms with E-state index >= 15 is 0 Å². The Hall–Kier alpha value is -1.95. The van der Waals surface area contributed by atoms with Crippen molar-refractivity contribution in [2.75, 3.05) is 11.9 Å². The fourth-order valence-corrected chi connectivity index (χ4v) is 5.89. The Kier molecular flexibility index (Phi) is 3.83. The number of nitrogens with one attached hydrogen (secondary N) is 1. The molecule has 0 aromatic heterocycles. The molecule has 1 aliphatic heterocycles. The molecule has 140 valence electrons. The molecule has 6 rings (SSSR count). The first-order chi connectivity index (χ1) is 13.0. The molecule has 1 heterocycles. The highest BCUT2D eigenvalue weighted by atomic mass is 79.9. The lowest BCUT2D eigenvalue weighted by atomic mass is 9.63. The number of halogens is 1. The van der Waals surface area contributed by atoms with Crippen molar-refractivity contribution >= 4 is 39.3 Å². The Morgan fingerprint density at radius 3 is 2.37 bits per heavy atom. The Morgan fingerprint density at radius 2 is 1.78 bits per heavy atom. The molecule has 27 heavy (non-hydrogen) atoms. The molecule has 1 saturated heterocycles. The molecule has 2 saturated carbocycles. The van der Waals surface area contributed by atoms with Crippen molar-refractivity contribution < 1.29 is 14.4 Å². The second kappa shape index (κ2) is 6.03. The number of allylic oxidation sites excluding steroid dienone is 2. The number of aryl methyl sites for hydroxylation is 1. The van der Waals surface area contributed by atoms with Crippen LogP contribution in [0.1, 0.15) is 18.9 Å². The van der Waals surface area contributed by atoms with Gasteiger partial charge in [-0.05, 0) is 60.3 Å². The number of nitrogens with zero attached hydrogens (tertiary/aromatic N) is 1. The van der Waals surface area contributed by atoms with E-state index in [1.807, 2.05) is 25.1 Å². The van der Waals surface area contributed by atoms with E-state index in [1.54, 1.807) is 0 Å². The minimum absolute atomic E-state index is 0.156. The third kappa shape index (κ3) is 2.53. The molecule has 0 unspecified atom stereocenters. The summed E-state index contributed by atoms with van der Waals surface area (Å²) in [5.41, 5.74) is 1.73. The van der Waals surface area contributed by atoms with Gasteiger partial charge in [0.25, 0.3) is 0 Å². The number of imide groups is 1. The van der Waals surface area contributed by atoms with Crippen LogP contribution in [0.4, 0.5) is 5.69 Å². The minimum atomic E-state index is -0.321. The summed E-state index contributed by atoms with van der Waals surface area (Å²) in [7, 11) is 0. The Labute approximate surface area is 166 Å². The first-order valence-electron chi connectivity index (χ1n) is 9.61. The summed E-state index contributed by atoms with van der Waals surface area (Å²) >= 11 is 3.43. The minimum Gasteiger partial charge on any atom is -0.324 e. The van der Waals surface area contributed by atoms with Crippen LogP contribution in [-0.4, -0.2) is 29.2 Å². The van der Waals surface area contributed by atoms with Crippen molar-refractivity contribution in [1.29, 1.82) is 0 Å². The molecule has 0 spiro atoms. The maximum atomic E-state index is 12.9. The molecule has 1 N–H and O–H groups in total. The highest BCUT2D eigenvalue weighted by Gasteiger charge is 2.67. The van der Waals surface area contributed by atoms with Gasteiger partial charge in [0, 0.05) is 10.2 Å². The van der Waals surface area contributed by atoms with Crippen LogP contribution in [-0.2, 0) is 20.8 Å². The highest BCUT2D eigenvalue weighted by molar-refractivity contribution is 9.10. The molecule has 5 aliphatic rings. The lowest BCUT2D eigenvalue weighted by Gasteiger charge is -2.37. The van der Waals surface area contributed by atoms with Gasteiger partial charge in [0.1, 0.15) is 6.54 Å². The SMILES string of the molecule is CCc1cc(Br)ccc1NC(=O)CN1C(=O)[C@@H]2[C@H]3C=C[C@@H]([C@@H]4C[C@@H]34)[C@H]2C1=O. The number of anilines is 1. The van der Waals surface area contributed by atoms with E-state index in [-0.39, 0.29) is 47.9 Å². The molecule has 6 atom stereocenters. The van der Waals surface area contributed by atoms with Crippen molar-refractivity contribution in [2.45, 2.75) is 19.8 Å². The smallest absolute Gasteiger partial charge is 0.244 e. The Bertz CT molecular complexity index is 859. The van der Waals surface area contributed by atoms with E-state index in [1.165, 1.54) is 4.90 Å². The molecule has 0 radical (unpaired) electrons. The lowest BCUT2D eigenvalue weighted by Crippen LogP contribution is -2.40. The molecule has 6 heteroatoms. The van der Waals surface area contributed by atoms with Crippen molar-refractivity contribution in [2.24, 2.45) is 35.5 Å². The second-order valence-corrected chi connectivity index (χ2v) is 9.04. The van der Waals surface area contributed by atoms with Gasteiger partial charge in [0.2, 0.25) is 17.7 Å². The van der Waals surface area contributed by atoms with Crippen LogP contribution in [0.5, 0.6) is 0 Å². The molecule has 4 aliphatic carbocycles. The van der Waals surface area contributed by atoms with Crippen LogP contribution in [0.3, 0.4) is 0 Å². The van der Waals surface area contributed by atoms with E-state index in [4.69, 9.17) is 0 Å². The predicted octanol–water partition coefficient (Wildman–Crippen LogP) is 3.00. The summed E-state index contributed by atoms with van der Waals surface area (Å²) < 4.78 is 0.952. The fourth-order valence-electron chi connectivity index (χ4n) is 5.48. The topological polar surface area (TPSA) is 66.5 Å². The molecule has 5 nitrogen and oxygen atoms in total. The summed E-state index contributed by atoms with van der Waals surface area (Å²) in [6, 6.07) is 5.67. The van der Waals surface area contributed by atoms with E-state index < -0.39 is 0 Å². The molecule has 2 bridgehead atoms. The average molecular weight is 429 g/mol.